The molecule has 1 aliphatic rings. The van der Waals surface area contributed by atoms with Gasteiger partial charge >= 0.3 is 0 Å². The summed E-state index contributed by atoms with van der Waals surface area (Å²) in [6.07, 6.45) is 5.64. The number of rotatable bonds is 5. The van der Waals surface area contributed by atoms with Crippen LogP contribution in [0.2, 0.25) is 0 Å². The molecule has 4 heteroatoms. The maximum Gasteiger partial charge on any atom is 0.250 e. The van der Waals surface area contributed by atoms with E-state index in [4.69, 9.17) is 0 Å². The van der Waals surface area contributed by atoms with E-state index >= 15 is 0 Å². The van der Waals surface area contributed by atoms with Gasteiger partial charge in [0.25, 0.3) is 0 Å². The predicted octanol–water partition coefficient (Wildman–Crippen LogP) is 5.90. The maximum absolute atomic E-state index is 13.9. The third-order valence-corrected chi connectivity index (χ3v) is 6.05. The lowest BCUT2D eigenvalue weighted by atomic mass is 9.86. The molecule has 160 valence electrons. The van der Waals surface area contributed by atoms with Crippen molar-refractivity contribution in [3.63, 3.8) is 0 Å². The molecule has 0 bridgehead atoms. The van der Waals surface area contributed by atoms with E-state index in [-0.39, 0.29) is 17.4 Å². The first-order valence-corrected chi connectivity index (χ1v) is 11.1. The van der Waals surface area contributed by atoms with Crippen LogP contribution in [-0.4, -0.2) is 22.3 Å². The summed E-state index contributed by atoms with van der Waals surface area (Å²) in [6.45, 7) is 7.38. The number of anilines is 1. The Kier molecular flexibility index (Phi) is 6.08. The average molecular weight is 414 g/mol. The minimum atomic E-state index is -0.436. The van der Waals surface area contributed by atoms with Crippen molar-refractivity contribution in [1.82, 2.24) is 9.88 Å². The first kappa shape index (κ1) is 21.1. The fourth-order valence-electron chi connectivity index (χ4n) is 4.28. The van der Waals surface area contributed by atoms with Gasteiger partial charge < -0.3 is 10.2 Å². The van der Waals surface area contributed by atoms with Gasteiger partial charge in [-0.25, -0.2) is 0 Å². The Bertz CT molecular complexity index is 994. The van der Waals surface area contributed by atoms with E-state index in [0.717, 1.165) is 36.2 Å². The van der Waals surface area contributed by atoms with Crippen LogP contribution in [0.1, 0.15) is 62.4 Å². The number of benzene rings is 2. The molecule has 31 heavy (non-hydrogen) atoms. The van der Waals surface area contributed by atoms with Crippen molar-refractivity contribution in [1.29, 1.82) is 0 Å². The van der Waals surface area contributed by atoms with E-state index in [9.17, 15) is 4.79 Å². The molecular weight excluding hydrogens is 382 g/mol. The molecule has 4 nitrogen and oxygen atoms in total. The zero-order chi connectivity index (χ0) is 21.8. The van der Waals surface area contributed by atoms with Gasteiger partial charge in [0.05, 0.1) is 6.04 Å². The van der Waals surface area contributed by atoms with Gasteiger partial charge in [0.2, 0.25) is 5.91 Å². The molecule has 2 atom stereocenters. The Labute approximate surface area is 185 Å². The number of hydrogen-bond acceptors (Lipinski definition) is 3. The summed E-state index contributed by atoms with van der Waals surface area (Å²) >= 11 is 0. The molecule has 3 aromatic rings. The molecule has 1 saturated heterocycles. The van der Waals surface area contributed by atoms with Gasteiger partial charge in [-0.3, -0.25) is 9.78 Å². The highest BCUT2D eigenvalue weighted by molar-refractivity contribution is 5.86. The summed E-state index contributed by atoms with van der Waals surface area (Å²) in [6, 6.07) is 22.1. The van der Waals surface area contributed by atoms with Crippen LogP contribution in [0, 0.1) is 0 Å². The van der Waals surface area contributed by atoms with Crippen LogP contribution in [0.5, 0.6) is 0 Å². The lowest BCUT2D eigenvalue weighted by molar-refractivity contribution is -0.133. The lowest BCUT2D eigenvalue weighted by Crippen LogP contribution is -2.37. The summed E-state index contributed by atoms with van der Waals surface area (Å²) in [4.78, 5) is 20.2. The van der Waals surface area contributed by atoms with Gasteiger partial charge in [0.1, 0.15) is 6.04 Å². The van der Waals surface area contributed by atoms with Crippen molar-refractivity contribution in [2.24, 2.45) is 0 Å². The predicted molar refractivity (Wildman–Crippen MR) is 126 cm³/mol. The van der Waals surface area contributed by atoms with Crippen molar-refractivity contribution < 1.29 is 4.79 Å². The van der Waals surface area contributed by atoms with Gasteiger partial charge in [-0.15, -0.1) is 0 Å². The number of aromatic nitrogens is 1. The number of nitrogens with one attached hydrogen (secondary N) is 1. The normalized spacial score (nSPS) is 17.4. The second-order valence-corrected chi connectivity index (χ2v) is 9.29. The van der Waals surface area contributed by atoms with Crippen LogP contribution in [0.25, 0.3) is 0 Å². The van der Waals surface area contributed by atoms with Crippen molar-refractivity contribution in [3.8, 4) is 0 Å². The third-order valence-electron chi connectivity index (χ3n) is 6.05. The number of likely N-dealkylation sites (tertiary alicyclic amines) is 1. The molecule has 0 aliphatic carbocycles. The van der Waals surface area contributed by atoms with E-state index in [1.807, 2.05) is 47.5 Å². The molecule has 2 heterocycles. The van der Waals surface area contributed by atoms with Crippen LogP contribution >= 0.6 is 0 Å². The molecule has 1 N–H and O–H groups in total. The molecule has 1 fully saturated rings. The molecule has 1 aromatic heterocycles. The summed E-state index contributed by atoms with van der Waals surface area (Å²) in [5.74, 6) is 0.110. The van der Waals surface area contributed by atoms with E-state index in [1.54, 1.807) is 6.20 Å². The van der Waals surface area contributed by atoms with E-state index < -0.39 is 6.04 Å². The smallest absolute Gasteiger partial charge is 0.250 e. The SMILES string of the molecule is CC(C)(C)c1ccc(C(Nc2ccccc2)C(=O)N2CCCC2c2cccnc2)cc1. The fourth-order valence-corrected chi connectivity index (χ4v) is 4.28. The van der Waals surface area contributed by atoms with Gasteiger partial charge in [-0.1, -0.05) is 69.3 Å². The van der Waals surface area contributed by atoms with E-state index in [1.165, 1.54) is 5.56 Å². The molecule has 2 aromatic carbocycles. The highest BCUT2D eigenvalue weighted by Gasteiger charge is 2.35. The fraction of sp³-hybridized carbons (Fsp3) is 0.333. The van der Waals surface area contributed by atoms with Crippen molar-refractivity contribution in [2.75, 3.05) is 11.9 Å². The van der Waals surface area contributed by atoms with Gasteiger partial charge in [-0.05, 0) is 53.1 Å². The highest BCUT2D eigenvalue weighted by atomic mass is 16.2. The van der Waals surface area contributed by atoms with Gasteiger partial charge in [0.15, 0.2) is 0 Å². The van der Waals surface area contributed by atoms with Crippen LogP contribution < -0.4 is 5.32 Å². The number of nitrogens with zero attached hydrogens (tertiary/aromatic N) is 2. The second kappa shape index (κ2) is 8.93. The Morgan fingerprint density at radius 1 is 1.03 bits per heavy atom. The van der Waals surface area contributed by atoms with E-state index in [2.05, 4.69) is 61.4 Å². The quantitative estimate of drug-likeness (QED) is 0.567. The first-order chi connectivity index (χ1) is 14.9. The monoisotopic (exact) mass is 413 g/mol. The van der Waals surface area contributed by atoms with E-state index in [0.29, 0.717) is 0 Å². The summed E-state index contributed by atoms with van der Waals surface area (Å²) in [5.41, 5.74) is 4.37. The molecular formula is C27H31N3O. The van der Waals surface area contributed by atoms with Crippen LogP contribution in [0.4, 0.5) is 5.69 Å². The third kappa shape index (κ3) is 4.79. The minimum Gasteiger partial charge on any atom is -0.370 e. The number of hydrogen-bond donors (Lipinski definition) is 1. The summed E-state index contributed by atoms with van der Waals surface area (Å²) in [7, 11) is 0. The highest BCUT2D eigenvalue weighted by Crippen LogP contribution is 2.35. The Morgan fingerprint density at radius 3 is 2.42 bits per heavy atom. The summed E-state index contributed by atoms with van der Waals surface area (Å²) < 4.78 is 0. The zero-order valence-electron chi connectivity index (χ0n) is 18.6. The number of pyridine rings is 1. The van der Waals surface area contributed by atoms with Crippen molar-refractivity contribution in [3.05, 3.63) is 95.8 Å². The number of carbonyl (C=O) groups is 1. The Hall–Kier alpha value is -3.14. The molecule has 0 spiro atoms. The molecule has 0 radical (unpaired) electrons. The number of carbonyl (C=O) groups excluding carboxylic acids is 1. The molecule has 1 aliphatic heterocycles. The van der Waals surface area contributed by atoms with Crippen molar-refractivity contribution >= 4 is 11.6 Å². The maximum atomic E-state index is 13.9. The average Bonchev–Trinajstić information content (AvgIpc) is 3.28. The number of amides is 1. The van der Waals surface area contributed by atoms with Gasteiger partial charge in [-0.2, -0.15) is 0 Å². The largest absolute Gasteiger partial charge is 0.370 e. The zero-order valence-corrected chi connectivity index (χ0v) is 18.6. The Balaban J connectivity index is 1.66. The van der Waals surface area contributed by atoms with Crippen LogP contribution in [-0.2, 0) is 10.2 Å². The van der Waals surface area contributed by atoms with Crippen molar-refractivity contribution in [2.45, 2.75) is 51.1 Å². The topological polar surface area (TPSA) is 45.2 Å². The molecule has 0 saturated carbocycles. The minimum absolute atomic E-state index is 0.0747. The molecule has 1 amide bonds. The van der Waals surface area contributed by atoms with Crippen LogP contribution in [0.3, 0.4) is 0 Å². The Morgan fingerprint density at radius 2 is 1.77 bits per heavy atom. The van der Waals surface area contributed by atoms with Crippen LogP contribution in [0.15, 0.2) is 79.1 Å². The second-order valence-electron chi connectivity index (χ2n) is 9.29. The molecule has 4 rings (SSSR count). The lowest BCUT2D eigenvalue weighted by Gasteiger charge is -2.30. The number of para-hydroxylation sites is 1. The first-order valence-electron chi connectivity index (χ1n) is 11.1. The summed E-state index contributed by atoms with van der Waals surface area (Å²) in [5, 5.41) is 3.50. The van der Waals surface area contributed by atoms with Gasteiger partial charge in [0, 0.05) is 24.6 Å². The molecule has 2 unspecified atom stereocenters. The standard InChI is InChI=1S/C27H31N3O/c1-27(2,3)22-15-13-20(14-16-22)25(29-23-10-5-4-6-11-23)26(31)30-18-8-12-24(30)21-9-7-17-28-19-21/h4-7,9-11,13-17,19,24-25,29H,8,12,18H2,1-3H3.